The van der Waals surface area contributed by atoms with E-state index in [2.05, 4.69) is 27.4 Å². The van der Waals surface area contributed by atoms with Crippen molar-refractivity contribution in [2.45, 2.75) is 6.42 Å². The van der Waals surface area contributed by atoms with Gasteiger partial charge in [0.2, 0.25) is 0 Å². The van der Waals surface area contributed by atoms with E-state index in [1.165, 1.54) is 5.56 Å². The van der Waals surface area contributed by atoms with Crippen molar-refractivity contribution in [1.29, 1.82) is 0 Å². The molecule has 0 saturated heterocycles. The summed E-state index contributed by atoms with van der Waals surface area (Å²) in [6.07, 6.45) is 4.47. The standard InChI is InChI=1S/C22H19N3OS/c1-2-6-17(7-3-1)11-13-26-20-10-4-9-19(14-20)24-22-25-21(16-27-22)18-8-5-12-23-15-18/h1-10,12,14-16H,11,13H2,(H,24,25). The summed E-state index contributed by atoms with van der Waals surface area (Å²) in [5, 5.41) is 6.22. The molecule has 2 aromatic carbocycles. The van der Waals surface area contributed by atoms with Gasteiger partial charge in [0.1, 0.15) is 5.75 Å². The molecule has 0 saturated carbocycles. The average Bonchev–Trinajstić information content (AvgIpc) is 3.18. The molecule has 0 aliphatic heterocycles. The van der Waals surface area contributed by atoms with Gasteiger partial charge in [-0.1, -0.05) is 36.4 Å². The molecule has 0 atom stereocenters. The van der Waals surface area contributed by atoms with Crippen LogP contribution < -0.4 is 10.1 Å². The van der Waals surface area contributed by atoms with Crippen LogP contribution in [-0.2, 0) is 6.42 Å². The molecular weight excluding hydrogens is 354 g/mol. The number of benzene rings is 2. The maximum Gasteiger partial charge on any atom is 0.187 e. The van der Waals surface area contributed by atoms with Crippen LogP contribution in [0.3, 0.4) is 0 Å². The van der Waals surface area contributed by atoms with Crippen LogP contribution in [0.5, 0.6) is 5.75 Å². The Morgan fingerprint density at radius 1 is 0.963 bits per heavy atom. The second kappa shape index (κ2) is 8.47. The van der Waals surface area contributed by atoms with Crippen LogP contribution in [0.2, 0.25) is 0 Å². The number of nitrogens with one attached hydrogen (secondary N) is 1. The van der Waals surface area contributed by atoms with Gasteiger partial charge in [-0.3, -0.25) is 4.98 Å². The van der Waals surface area contributed by atoms with Crippen LogP contribution in [0, 0.1) is 0 Å². The SMILES string of the molecule is c1ccc(CCOc2cccc(Nc3nc(-c4cccnc4)cs3)c2)cc1. The number of ether oxygens (including phenoxy) is 1. The highest BCUT2D eigenvalue weighted by Gasteiger charge is 2.05. The minimum Gasteiger partial charge on any atom is -0.493 e. The molecule has 2 aromatic heterocycles. The first-order valence-electron chi connectivity index (χ1n) is 8.76. The summed E-state index contributed by atoms with van der Waals surface area (Å²) in [5.41, 5.74) is 4.17. The van der Waals surface area contributed by atoms with Gasteiger partial charge in [-0.05, 0) is 29.8 Å². The fraction of sp³-hybridized carbons (Fsp3) is 0.0909. The first-order chi connectivity index (χ1) is 13.4. The van der Waals surface area contributed by atoms with Crippen molar-refractivity contribution in [3.05, 3.63) is 90.1 Å². The maximum atomic E-state index is 5.90. The first-order valence-corrected chi connectivity index (χ1v) is 9.64. The van der Waals surface area contributed by atoms with Crippen LogP contribution in [0.25, 0.3) is 11.3 Å². The lowest BCUT2D eigenvalue weighted by atomic mass is 10.2. The quantitative estimate of drug-likeness (QED) is 0.460. The van der Waals surface area contributed by atoms with Crippen molar-refractivity contribution in [3.8, 4) is 17.0 Å². The Morgan fingerprint density at radius 2 is 1.89 bits per heavy atom. The Hall–Kier alpha value is -3.18. The Kier molecular flexibility index (Phi) is 5.41. The third-order valence-corrected chi connectivity index (χ3v) is 4.81. The predicted octanol–water partition coefficient (Wildman–Crippen LogP) is 5.57. The number of aromatic nitrogens is 2. The minimum absolute atomic E-state index is 0.649. The molecule has 4 rings (SSSR count). The smallest absolute Gasteiger partial charge is 0.187 e. The van der Waals surface area contributed by atoms with E-state index < -0.39 is 0 Å². The molecule has 1 N–H and O–H groups in total. The van der Waals surface area contributed by atoms with Gasteiger partial charge >= 0.3 is 0 Å². The molecule has 4 aromatic rings. The highest BCUT2D eigenvalue weighted by molar-refractivity contribution is 7.14. The number of hydrogen-bond donors (Lipinski definition) is 1. The molecule has 27 heavy (non-hydrogen) atoms. The van der Waals surface area contributed by atoms with Gasteiger partial charge in [-0.25, -0.2) is 4.98 Å². The molecule has 2 heterocycles. The number of nitrogens with zero attached hydrogens (tertiary/aromatic N) is 2. The van der Waals surface area contributed by atoms with Crippen LogP contribution in [0.15, 0.2) is 84.5 Å². The van der Waals surface area contributed by atoms with Crippen molar-refractivity contribution in [1.82, 2.24) is 9.97 Å². The van der Waals surface area contributed by atoms with Gasteiger partial charge in [0.15, 0.2) is 5.13 Å². The molecule has 0 bridgehead atoms. The zero-order chi connectivity index (χ0) is 18.3. The lowest BCUT2D eigenvalue weighted by molar-refractivity contribution is 0.322. The monoisotopic (exact) mass is 373 g/mol. The number of hydrogen-bond acceptors (Lipinski definition) is 5. The van der Waals surface area contributed by atoms with Gasteiger partial charge in [0.05, 0.1) is 12.3 Å². The van der Waals surface area contributed by atoms with Crippen molar-refractivity contribution < 1.29 is 4.74 Å². The Balaban J connectivity index is 1.37. The molecule has 0 radical (unpaired) electrons. The third-order valence-electron chi connectivity index (χ3n) is 4.05. The van der Waals surface area contributed by atoms with Crippen LogP contribution in [-0.4, -0.2) is 16.6 Å². The van der Waals surface area contributed by atoms with Crippen LogP contribution in [0.1, 0.15) is 5.56 Å². The predicted molar refractivity (Wildman–Crippen MR) is 111 cm³/mol. The van der Waals surface area contributed by atoms with E-state index in [4.69, 9.17) is 4.74 Å². The average molecular weight is 373 g/mol. The molecule has 0 amide bonds. The Bertz CT molecular complexity index is 987. The normalized spacial score (nSPS) is 10.5. The largest absolute Gasteiger partial charge is 0.493 e. The number of rotatable bonds is 7. The summed E-state index contributed by atoms with van der Waals surface area (Å²) >= 11 is 1.57. The van der Waals surface area contributed by atoms with E-state index in [1.807, 2.05) is 66.2 Å². The molecule has 0 aliphatic rings. The third kappa shape index (κ3) is 4.71. The summed E-state index contributed by atoms with van der Waals surface area (Å²) in [5.74, 6) is 0.847. The second-order valence-electron chi connectivity index (χ2n) is 6.02. The van der Waals surface area contributed by atoms with Crippen molar-refractivity contribution in [3.63, 3.8) is 0 Å². The van der Waals surface area contributed by atoms with E-state index >= 15 is 0 Å². The fourth-order valence-corrected chi connectivity index (χ4v) is 3.44. The van der Waals surface area contributed by atoms with Crippen molar-refractivity contribution >= 4 is 22.2 Å². The lowest BCUT2D eigenvalue weighted by Crippen LogP contribution is -2.01. The molecule has 5 heteroatoms. The van der Waals surface area contributed by atoms with Gasteiger partial charge in [-0.2, -0.15) is 0 Å². The van der Waals surface area contributed by atoms with E-state index in [1.54, 1.807) is 17.5 Å². The van der Waals surface area contributed by atoms with E-state index in [9.17, 15) is 0 Å². The molecule has 0 spiro atoms. The van der Waals surface area contributed by atoms with Gasteiger partial charge in [0.25, 0.3) is 0 Å². The summed E-state index contributed by atoms with van der Waals surface area (Å²) < 4.78 is 5.90. The van der Waals surface area contributed by atoms with Gasteiger partial charge in [-0.15, -0.1) is 11.3 Å². The van der Waals surface area contributed by atoms with E-state index in [0.717, 1.165) is 34.2 Å². The van der Waals surface area contributed by atoms with E-state index in [-0.39, 0.29) is 0 Å². The molecular formula is C22H19N3OS. The number of anilines is 2. The molecule has 0 aliphatic carbocycles. The number of thiazole rings is 1. The summed E-state index contributed by atoms with van der Waals surface area (Å²) in [6, 6.07) is 22.2. The zero-order valence-electron chi connectivity index (χ0n) is 14.7. The maximum absolute atomic E-state index is 5.90. The lowest BCUT2D eigenvalue weighted by Gasteiger charge is -2.08. The molecule has 134 valence electrons. The molecule has 4 nitrogen and oxygen atoms in total. The van der Waals surface area contributed by atoms with Crippen molar-refractivity contribution in [2.75, 3.05) is 11.9 Å². The van der Waals surface area contributed by atoms with E-state index in [0.29, 0.717) is 6.61 Å². The van der Waals surface area contributed by atoms with Crippen LogP contribution in [0.4, 0.5) is 10.8 Å². The highest BCUT2D eigenvalue weighted by Crippen LogP contribution is 2.28. The minimum atomic E-state index is 0.649. The second-order valence-corrected chi connectivity index (χ2v) is 6.87. The summed E-state index contributed by atoms with van der Waals surface area (Å²) in [7, 11) is 0. The Morgan fingerprint density at radius 3 is 2.74 bits per heavy atom. The van der Waals surface area contributed by atoms with Crippen LogP contribution >= 0.6 is 11.3 Å². The van der Waals surface area contributed by atoms with Gasteiger partial charge < -0.3 is 10.1 Å². The first kappa shape index (κ1) is 17.2. The fourth-order valence-electron chi connectivity index (χ4n) is 2.70. The topological polar surface area (TPSA) is 47.0 Å². The zero-order valence-corrected chi connectivity index (χ0v) is 15.5. The number of pyridine rings is 1. The summed E-state index contributed by atoms with van der Waals surface area (Å²) in [4.78, 5) is 8.78. The van der Waals surface area contributed by atoms with Crippen molar-refractivity contribution in [2.24, 2.45) is 0 Å². The Labute approximate surface area is 162 Å². The highest BCUT2D eigenvalue weighted by atomic mass is 32.1. The summed E-state index contributed by atoms with van der Waals surface area (Å²) in [6.45, 7) is 0.649. The molecule has 0 fully saturated rings. The van der Waals surface area contributed by atoms with Gasteiger partial charge in [0, 0.05) is 41.5 Å². The molecule has 0 unspecified atom stereocenters.